The fraction of sp³-hybridized carbons (Fsp3) is 0.950. The van der Waals surface area contributed by atoms with Crippen molar-refractivity contribution < 1.29 is 69.3 Å². The summed E-state index contributed by atoms with van der Waals surface area (Å²) < 4.78 is 27.9. The zero-order chi connectivity index (χ0) is 26.0. The van der Waals surface area contributed by atoms with Crippen molar-refractivity contribution in [3.05, 3.63) is 0 Å². The predicted octanol–water partition coefficient (Wildman–Crippen LogP) is -5.37. The van der Waals surface area contributed by atoms with Gasteiger partial charge in [0.15, 0.2) is 18.9 Å². The highest BCUT2D eigenvalue weighted by molar-refractivity contribution is 5.73. The average Bonchev–Trinajstić information content (AvgIpc) is 2.80. The van der Waals surface area contributed by atoms with E-state index in [-0.39, 0.29) is 6.42 Å². The Morgan fingerprint density at radius 2 is 1.51 bits per heavy atom. The molecular formula is C20H35NO14. The van der Waals surface area contributed by atoms with E-state index in [0.29, 0.717) is 0 Å². The van der Waals surface area contributed by atoms with E-state index in [9.17, 15) is 45.6 Å². The standard InChI is InChI=1S/C20H35NO14/c1-6-13(26)8(25)3-11(31-6)34-18-16(29)14(27)9(4-22)33-20(18)35-17-10(5-23)32-19(30)12(15(17)28)21-7(2)24/h6,8-20,22-23,25-30H,3-5H2,1-2H3,(H,21,24)/t6-,8-,9+,10+,11-,12+,13+,14-,15+,16-,17+,18+,19+,20-/m0/s1. The predicted molar refractivity (Wildman–Crippen MR) is 110 cm³/mol. The van der Waals surface area contributed by atoms with Gasteiger partial charge in [0.25, 0.3) is 0 Å². The summed E-state index contributed by atoms with van der Waals surface area (Å²) >= 11 is 0. The number of carbonyl (C=O) groups is 1. The lowest BCUT2D eigenvalue weighted by molar-refractivity contribution is -0.372. The first-order valence-electron chi connectivity index (χ1n) is 11.3. The number of ether oxygens (including phenoxy) is 5. The van der Waals surface area contributed by atoms with E-state index in [2.05, 4.69) is 5.32 Å². The monoisotopic (exact) mass is 513 g/mol. The normalized spacial score (nSPS) is 49.0. The molecule has 0 saturated carbocycles. The molecule has 3 heterocycles. The Balaban J connectivity index is 1.82. The van der Waals surface area contributed by atoms with Crippen molar-refractivity contribution in [2.45, 2.75) is 106 Å². The van der Waals surface area contributed by atoms with Crippen LogP contribution in [0.25, 0.3) is 0 Å². The second kappa shape index (κ2) is 12.0. The molecule has 35 heavy (non-hydrogen) atoms. The van der Waals surface area contributed by atoms with Crippen LogP contribution in [0.1, 0.15) is 20.3 Å². The Hall–Kier alpha value is -1.05. The number of hydrogen-bond donors (Lipinski definition) is 9. The minimum Gasteiger partial charge on any atom is -0.394 e. The van der Waals surface area contributed by atoms with Crippen LogP contribution in [0.2, 0.25) is 0 Å². The van der Waals surface area contributed by atoms with E-state index in [1.54, 1.807) is 0 Å². The molecule has 14 atom stereocenters. The molecule has 0 unspecified atom stereocenters. The van der Waals surface area contributed by atoms with Crippen molar-refractivity contribution in [1.29, 1.82) is 0 Å². The maximum Gasteiger partial charge on any atom is 0.217 e. The third-order valence-corrected chi connectivity index (χ3v) is 6.34. The molecule has 9 N–H and O–H groups in total. The summed E-state index contributed by atoms with van der Waals surface area (Å²) in [4.78, 5) is 11.5. The SMILES string of the molecule is CC(=O)N[C@@H]1[C@@H](O)[C@H](O[C@@H]2O[C@H](CO)[C@H](O)[C@H](O)[C@H]2O[C@H]2C[C@H](O)[C@H](O)[C@H](C)O2)[C@@H](CO)O[C@H]1O. The van der Waals surface area contributed by atoms with Crippen LogP contribution in [0.3, 0.4) is 0 Å². The zero-order valence-corrected chi connectivity index (χ0v) is 19.2. The van der Waals surface area contributed by atoms with Gasteiger partial charge in [-0.25, -0.2) is 0 Å². The number of carbonyl (C=O) groups excluding carboxylic acids is 1. The number of aliphatic hydroxyl groups is 8. The molecule has 0 aromatic heterocycles. The molecule has 15 nitrogen and oxygen atoms in total. The molecule has 3 rings (SSSR count). The van der Waals surface area contributed by atoms with E-state index >= 15 is 0 Å². The maximum atomic E-state index is 11.5. The van der Waals surface area contributed by atoms with Gasteiger partial charge in [0.2, 0.25) is 5.91 Å². The van der Waals surface area contributed by atoms with Gasteiger partial charge in [-0.1, -0.05) is 0 Å². The summed E-state index contributed by atoms with van der Waals surface area (Å²) in [6, 6.07) is -1.34. The van der Waals surface area contributed by atoms with Crippen LogP contribution in [0.4, 0.5) is 0 Å². The Bertz CT molecular complexity index is 689. The van der Waals surface area contributed by atoms with Gasteiger partial charge in [0.05, 0.1) is 25.4 Å². The molecule has 3 aliphatic rings. The minimum absolute atomic E-state index is 0.188. The van der Waals surface area contributed by atoms with Gasteiger partial charge in [-0.05, 0) is 6.92 Å². The van der Waals surface area contributed by atoms with Crippen molar-refractivity contribution in [2.75, 3.05) is 13.2 Å². The van der Waals surface area contributed by atoms with E-state index in [1.807, 2.05) is 0 Å². The van der Waals surface area contributed by atoms with Gasteiger partial charge in [0, 0.05) is 13.3 Å². The van der Waals surface area contributed by atoms with Crippen LogP contribution >= 0.6 is 0 Å². The van der Waals surface area contributed by atoms with Crippen LogP contribution in [-0.4, -0.2) is 146 Å². The first kappa shape index (κ1) is 28.5. The molecule has 1 amide bonds. The highest BCUT2D eigenvalue weighted by Gasteiger charge is 2.52. The van der Waals surface area contributed by atoms with Gasteiger partial charge in [-0.15, -0.1) is 0 Å². The van der Waals surface area contributed by atoms with Crippen molar-refractivity contribution >= 4 is 5.91 Å². The van der Waals surface area contributed by atoms with Crippen molar-refractivity contribution in [3.8, 4) is 0 Å². The lowest BCUT2D eigenvalue weighted by Gasteiger charge is -2.48. The summed E-state index contributed by atoms with van der Waals surface area (Å²) in [6.45, 7) is 1.22. The second-order valence-electron chi connectivity index (χ2n) is 8.94. The third-order valence-electron chi connectivity index (χ3n) is 6.34. The summed E-state index contributed by atoms with van der Waals surface area (Å²) in [6.07, 6.45) is -18.3. The van der Waals surface area contributed by atoms with E-state index in [1.165, 1.54) is 6.92 Å². The molecule has 204 valence electrons. The van der Waals surface area contributed by atoms with Crippen LogP contribution in [0.15, 0.2) is 0 Å². The highest BCUT2D eigenvalue weighted by Crippen LogP contribution is 2.32. The van der Waals surface area contributed by atoms with Gasteiger partial charge >= 0.3 is 0 Å². The number of hydrogen-bond acceptors (Lipinski definition) is 14. The lowest BCUT2D eigenvalue weighted by Crippen LogP contribution is -2.67. The number of aliphatic hydroxyl groups excluding tert-OH is 8. The fourth-order valence-corrected chi connectivity index (χ4v) is 4.39. The molecule has 0 spiro atoms. The van der Waals surface area contributed by atoms with Gasteiger partial charge in [-0.2, -0.15) is 0 Å². The largest absolute Gasteiger partial charge is 0.394 e. The molecule has 15 heteroatoms. The number of nitrogens with one attached hydrogen (secondary N) is 1. The molecular weight excluding hydrogens is 478 g/mol. The Morgan fingerprint density at radius 1 is 0.857 bits per heavy atom. The van der Waals surface area contributed by atoms with Crippen molar-refractivity contribution in [2.24, 2.45) is 0 Å². The zero-order valence-electron chi connectivity index (χ0n) is 19.2. The summed E-state index contributed by atoms with van der Waals surface area (Å²) in [5, 5.41) is 83.5. The van der Waals surface area contributed by atoms with Gasteiger partial charge in [0.1, 0.15) is 54.9 Å². The number of amides is 1. The molecule has 3 fully saturated rings. The van der Waals surface area contributed by atoms with Crippen LogP contribution < -0.4 is 5.32 Å². The highest BCUT2D eigenvalue weighted by atomic mass is 16.8. The molecule has 0 radical (unpaired) electrons. The van der Waals surface area contributed by atoms with Crippen LogP contribution in [0.5, 0.6) is 0 Å². The quantitative estimate of drug-likeness (QED) is 0.155. The molecule has 3 aliphatic heterocycles. The Morgan fingerprint density at radius 3 is 2.09 bits per heavy atom. The van der Waals surface area contributed by atoms with E-state index in [0.717, 1.165) is 6.92 Å². The van der Waals surface area contributed by atoms with Gasteiger partial charge in [-0.3, -0.25) is 4.79 Å². The fourth-order valence-electron chi connectivity index (χ4n) is 4.39. The van der Waals surface area contributed by atoms with Crippen molar-refractivity contribution in [3.63, 3.8) is 0 Å². The first-order chi connectivity index (χ1) is 16.5. The molecule has 0 aliphatic carbocycles. The van der Waals surface area contributed by atoms with Gasteiger partial charge < -0.3 is 69.9 Å². The summed E-state index contributed by atoms with van der Waals surface area (Å²) in [5.74, 6) is -0.587. The first-order valence-corrected chi connectivity index (χ1v) is 11.3. The van der Waals surface area contributed by atoms with Crippen molar-refractivity contribution in [1.82, 2.24) is 5.32 Å². The average molecular weight is 513 g/mol. The van der Waals surface area contributed by atoms with E-state index in [4.69, 9.17) is 23.7 Å². The van der Waals surface area contributed by atoms with Crippen LogP contribution in [-0.2, 0) is 28.5 Å². The minimum atomic E-state index is -1.69. The molecule has 0 bridgehead atoms. The smallest absolute Gasteiger partial charge is 0.217 e. The molecule has 3 saturated heterocycles. The Kier molecular flexibility index (Phi) is 9.78. The maximum absolute atomic E-state index is 11.5. The lowest BCUT2D eigenvalue weighted by atomic mass is 9.95. The molecule has 0 aromatic rings. The second-order valence-corrected chi connectivity index (χ2v) is 8.94. The number of rotatable bonds is 7. The third kappa shape index (κ3) is 6.27. The summed E-state index contributed by atoms with van der Waals surface area (Å²) in [7, 11) is 0. The van der Waals surface area contributed by atoms with E-state index < -0.39 is 105 Å². The summed E-state index contributed by atoms with van der Waals surface area (Å²) in [5.41, 5.74) is 0. The topological polar surface area (TPSA) is 237 Å². The molecule has 0 aromatic carbocycles. The Labute approximate surface area is 200 Å². The van der Waals surface area contributed by atoms with Crippen LogP contribution in [0, 0.1) is 0 Å².